The summed E-state index contributed by atoms with van der Waals surface area (Å²) in [4.78, 5) is 1.45. The predicted molar refractivity (Wildman–Crippen MR) is 72.9 cm³/mol. The zero-order valence-corrected chi connectivity index (χ0v) is 11.4. The molecular formula is C14H18N2OS. The van der Waals surface area contributed by atoms with E-state index in [1.807, 2.05) is 22.1 Å². The van der Waals surface area contributed by atoms with E-state index in [1.54, 1.807) is 6.20 Å². The van der Waals surface area contributed by atoms with Crippen LogP contribution in [0, 0.1) is 0 Å². The maximum Gasteiger partial charge on any atom is 0.102 e. The van der Waals surface area contributed by atoms with Gasteiger partial charge in [-0.15, -0.1) is 11.3 Å². The Bertz CT molecular complexity index is 531. The molecule has 0 fully saturated rings. The average molecular weight is 262 g/mol. The van der Waals surface area contributed by atoms with Crippen molar-refractivity contribution in [2.24, 2.45) is 0 Å². The van der Waals surface area contributed by atoms with Gasteiger partial charge >= 0.3 is 0 Å². The monoisotopic (exact) mass is 262 g/mol. The van der Waals surface area contributed by atoms with Crippen molar-refractivity contribution in [3.05, 3.63) is 39.8 Å². The van der Waals surface area contributed by atoms with Gasteiger partial charge in [-0.1, -0.05) is 0 Å². The fraction of sp³-hybridized carbons (Fsp3) is 0.500. The topological polar surface area (TPSA) is 38.0 Å². The van der Waals surface area contributed by atoms with E-state index in [2.05, 4.69) is 23.5 Å². The summed E-state index contributed by atoms with van der Waals surface area (Å²) in [5.41, 5.74) is 2.30. The lowest BCUT2D eigenvalue weighted by Gasteiger charge is -2.27. The van der Waals surface area contributed by atoms with Gasteiger partial charge in [0, 0.05) is 23.5 Å². The first-order valence-electron chi connectivity index (χ1n) is 6.57. The van der Waals surface area contributed by atoms with Crippen LogP contribution in [0.3, 0.4) is 0 Å². The van der Waals surface area contributed by atoms with Crippen LogP contribution in [0.15, 0.2) is 23.7 Å². The van der Waals surface area contributed by atoms with Crippen LogP contribution in [-0.2, 0) is 13.0 Å². The van der Waals surface area contributed by atoms with Crippen molar-refractivity contribution in [2.75, 3.05) is 0 Å². The van der Waals surface area contributed by atoms with Crippen LogP contribution in [0.1, 0.15) is 47.9 Å². The van der Waals surface area contributed by atoms with E-state index >= 15 is 0 Å². The number of aliphatic hydroxyl groups is 1. The molecule has 3 nitrogen and oxygen atoms in total. The predicted octanol–water partition coefficient (Wildman–Crippen LogP) is 3.12. The normalized spacial score (nSPS) is 20.7. The number of aliphatic hydroxyl groups excluding tert-OH is 1. The van der Waals surface area contributed by atoms with E-state index in [-0.39, 0.29) is 5.92 Å². The Labute approximate surface area is 111 Å². The third-order valence-electron chi connectivity index (χ3n) is 3.83. The molecule has 1 aliphatic carbocycles. The maximum atomic E-state index is 10.7. The highest BCUT2D eigenvalue weighted by Crippen LogP contribution is 2.42. The Hall–Kier alpha value is -1.13. The maximum absolute atomic E-state index is 10.7. The average Bonchev–Trinajstić information content (AvgIpc) is 3.05. The number of thiophene rings is 1. The quantitative estimate of drug-likeness (QED) is 0.923. The number of nitrogens with zero attached hydrogens (tertiary/aromatic N) is 2. The zero-order valence-electron chi connectivity index (χ0n) is 10.5. The Morgan fingerprint density at radius 1 is 1.56 bits per heavy atom. The van der Waals surface area contributed by atoms with Crippen LogP contribution in [0.25, 0.3) is 0 Å². The summed E-state index contributed by atoms with van der Waals surface area (Å²) in [6.45, 7) is 2.86. The second kappa shape index (κ2) is 4.86. The zero-order chi connectivity index (χ0) is 12.5. The van der Waals surface area contributed by atoms with Gasteiger partial charge in [0.15, 0.2) is 0 Å². The van der Waals surface area contributed by atoms with Gasteiger partial charge in [0.05, 0.1) is 5.69 Å². The molecule has 0 aliphatic heterocycles. The van der Waals surface area contributed by atoms with Crippen LogP contribution in [0.4, 0.5) is 0 Å². The van der Waals surface area contributed by atoms with Gasteiger partial charge in [0.2, 0.25) is 0 Å². The lowest BCUT2D eigenvalue weighted by molar-refractivity contribution is 0.126. The smallest absolute Gasteiger partial charge is 0.102 e. The van der Waals surface area contributed by atoms with Gasteiger partial charge in [-0.2, -0.15) is 5.10 Å². The van der Waals surface area contributed by atoms with E-state index in [4.69, 9.17) is 0 Å². The SMILES string of the molecule is CCn1nccc1C(O)C1CCCc2sccc21. The highest BCUT2D eigenvalue weighted by Gasteiger charge is 2.29. The minimum Gasteiger partial charge on any atom is -0.386 e. The minimum absolute atomic E-state index is 0.238. The lowest BCUT2D eigenvalue weighted by atomic mass is 9.83. The number of hydrogen-bond donors (Lipinski definition) is 1. The molecule has 18 heavy (non-hydrogen) atoms. The first-order valence-corrected chi connectivity index (χ1v) is 7.45. The second-order valence-corrected chi connectivity index (χ2v) is 5.82. The van der Waals surface area contributed by atoms with E-state index in [9.17, 15) is 5.11 Å². The lowest BCUT2D eigenvalue weighted by Crippen LogP contribution is -2.18. The fourth-order valence-electron chi connectivity index (χ4n) is 2.91. The third-order valence-corrected chi connectivity index (χ3v) is 4.83. The molecule has 0 saturated heterocycles. The van der Waals surface area contributed by atoms with Crippen molar-refractivity contribution in [1.82, 2.24) is 9.78 Å². The summed E-state index contributed by atoms with van der Waals surface area (Å²) in [6, 6.07) is 4.12. The van der Waals surface area contributed by atoms with Gasteiger partial charge in [-0.05, 0) is 49.3 Å². The summed E-state index contributed by atoms with van der Waals surface area (Å²) in [6.07, 6.45) is 4.76. The van der Waals surface area contributed by atoms with E-state index in [0.717, 1.165) is 18.7 Å². The number of aromatic nitrogens is 2. The van der Waals surface area contributed by atoms with Crippen molar-refractivity contribution in [3.8, 4) is 0 Å². The Morgan fingerprint density at radius 3 is 3.28 bits per heavy atom. The molecule has 0 radical (unpaired) electrons. The third kappa shape index (κ3) is 1.89. The van der Waals surface area contributed by atoms with Crippen LogP contribution >= 0.6 is 11.3 Å². The first-order chi connectivity index (χ1) is 8.81. The molecule has 0 bridgehead atoms. The summed E-state index contributed by atoms with van der Waals surface area (Å²) in [5, 5.41) is 17.1. The molecular weight excluding hydrogens is 244 g/mol. The van der Waals surface area contributed by atoms with Crippen molar-refractivity contribution >= 4 is 11.3 Å². The minimum atomic E-state index is -0.430. The largest absolute Gasteiger partial charge is 0.386 e. The van der Waals surface area contributed by atoms with Gasteiger partial charge < -0.3 is 5.11 Å². The van der Waals surface area contributed by atoms with Crippen LogP contribution in [0.2, 0.25) is 0 Å². The molecule has 2 heterocycles. The molecule has 2 unspecified atom stereocenters. The highest BCUT2D eigenvalue weighted by atomic mass is 32.1. The number of aryl methyl sites for hydroxylation is 2. The molecule has 0 amide bonds. The Kier molecular flexibility index (Phi) is 3.22. The molecule has 0 spiro atoms. The number of fused-ring (bicyclic) bond motifs is 1. The van der Waals surface area contributed by atoms with E-state index in [0.29, 0.717) is 0 Å². The molecule has 0 saturated carbocycles. The molecule has 1 N–H and O–H groups in total. The van der Waals surface area contributed by atoms with Crippen LogP contribution in [-0.4, -0.2) is 14.9 Å². The van der Waals surface area contributed by atoms with E-state index < -0.39 is 6.10 Å². The van der Waals surface area contributed by atoms with Gasteiger partial charge in [0.25, 0.3) is 0 Å². The summed E-state index contributed by atoms with van der Waals surface area (Å²) in [7, 11) is 0. The summed E-state index contributed by atoms with van der Waals surface area (Å²) < 4.78 is 1.89. The van der Waals surface area contributed by atoms with Crippen molar-refractivity contribution in [3.63, 3.8) is 0 Å². The molecule has 2 atom stereocenters. The van der Waals surface area contributed by atoms with Crippen molar-refractivity contribution < 1.29 is 5.11 Å². The molecule has 2 aromatic heterocycles. The first kappa shape index (κ1) is 11.9. The fourth-order valence-corrected chi connectivity index (χ4v) is 3.91. The molecule has 96 valence electrons. The standard InChI is InChI=1S/C14H18N2OS/c1-2-16-12(6-8-15-16)14(17)11-4-3-5-13-10(11)7-9-18-13/h6-9,11,14,17H,2-5H2,1H3. The van der Waals surface area contributed by atoms with Crippen molar-refractivity contribution in [2.45, 2.75) is 44.8 Å². The Morgan fingerprint density at radius 2 is 2.44 bits per heavy atom. The van der Waals surface area contributed by atoms with E-state index in [1.165, 1.54) is 23.3 Å². The molecule has 4 heteroatoms. The summed E-state index contributed by atoms with van der Waals surface area (Å²) >= 11 is 1.82. The number of rotatable bonds is 3. The van der Waals surface area contributed by atoms with Gasteiger partial charge in [-0.3, -0.25) is 4.68 Å². The second-order valence-electron chi connectivity index (χ2n) is 4.81. The molecule has 3 rings (SSSR count). The molecule has 2 aromatic rings. The van der Waals surface area contributed by atoms with Crippen LogP contribution in [0.5, 0.6) is 0 Å². The van der Waals surface area contributed by atoms with Gasteiger partial charge in [0.1, 0.15) is 6.10 Å². The molecule has 0 aromatic carbocycles. The molecule has 1 aliphatic rings. The summed E-state index contributed by atoms with van der Waals surface area (Å²) in [5.74, 6) is 0.238. The van der Waals surface area contributed by atoms with Crippen LogP contribution < -0.4 is 0 Å². The highest BCUT2D eigenvalue weighted by molar-refractivity contribution is 7.10. The van der Waals surface area contributed by atoms with Crippen molar-refractivity contribution in [1.29, 1.82) is 0 Å². The Balaban J connectivity index is 1.93. The number of hydrogen-bond acceptors (Lipinski definition) is 3. The van der Waals surface area contributed by atoms with Gasteiger partial charge in [-0.25, -0.2) is 0 Å².